The highest BCUT2D eigenvalue weighted by molar-refractivity contribution is 7.03. The van der Waals surface area contributed by atoms with E-state index in [1.807, 2.05) is 52.0 Å². The van der Waals surface area contributed by atoms with Gasteiger partial charge in [0.25, 0.3) is 5.91 Å². The maximum Gasteiger partial charge on any atom is 0.276 e. The number of aryl methyl sites for hydroxylation is 1. The molecule has 27 heavy (non-hydrogen) atoms. The first-order valence-corrected chi connectivity index (χ1v) is 10.1. The van der Waals surface area contributed by atoms with Crippen LogP contribution in [-0.4, -0.2) is 37.9 Å². The van der Waals surface area contributed by atoms with Gasteiger partial charge in [0, 0.05) is 17.0 Å². The van der Waals surface area contributed by atoms with Gasteiger partial charge in [0.15, 0.2) is 5.69 Å². The summed E-state index contributed by atoms with van der Waals surface area (Å²) < 4.78 is 3.81. The zero-order valence-electron chi connectivity index (χ0n) is 16.2. The van der Waals surface area contributed by atoms with Gasteiger partial charge in [-0.3, -0.25) is 9.59 Å². The van der Waals surface area contributed by atoms with Crippen LogP contribution >= 0.6 is 11.5 Å². The molecule has 1 saturated carbocycles. The highest BCUT2D eigenvalue weighted by atomic mass is 32.1. The van der Waals surface area contributed by atoms with E-state index in [9.17, 15) is 9.59 Å². The van der Waals surface area contributed by atoms with E-state index in [4.69, 9.17) is 0 Å². The third kappa shape index (κ3) is 4.53. The first kappa shape index (κ1) is 19.5. The molecule has 1 aliphatic rings. The summed E-state index contributed by atoms with van der Waals surface area (Å²) in [6.45, 7) is 8.02. The molecule has 1 aliphatic carbocycles. The third-order valence-corrected chi connectivity index (χ3v) is 5.52. The first-order valence-electron chi connectivity index (χ1n) is 9.30. The summed E-state index contributed by atoms with van der Waals surface area (Å²) in [4.78, 5) is 28.2. The Hall–Kier alpha value is -2.28. The summed E-state index contributed by atoms with van der Waals surface area (Å²) in [6.07, 6.45) is 2.60. The van der Waals surface area contributed by atoms with E-state index in [-0.39, 0.29) is 23.4 Å². The number of carbonyl (C=O) groups is 2. The van der Waals surface area contributed by atoms with Crippen molar-refractivity contribution in [3.05, 3.63) is 46.5 Å². The quantitative estimate of drug-likeness (QED) is 0.790. The molecule has 0 radical (unpaired) electrons. The van der Waals surface area contributed by atoms with Crippen LogP contribution < -0.4 is 5.32 Å². The van der Waals surface area contributed by atoms with Gasteiger partial charge in [-0.2, -0.15) is 0 Å². The van der Waals surface area contributed by atoms with Gasteiger partial charge in [0.1, 0.15) is 6.04 Å². The summed E-state index contributed by atoms with van der Waals surface area (Å²) in [6, 6.07) is 7.18. The largest absolute Gasteiger partial charge is 0.349 e. The lowest BCUT2D eigenvalue weighted by atomic mass is 9.98. The number of nitrogens with zero attached hydrogens (tertiary/aromatic N) is 3. The number of carbonyl (C=O) groups excluding carboxylic acids is 2. The van der Waals surface area contributed by atoms with E-state index in [2.05, 4.69) is 14.9 Å². The van der Waals surface area contributed by atoms with Crippen LogP contribution in [0.4, 0.5) is 0 Å². The number of aromatic nitrogens is 2. The zero-order chi connectivity index (χ0) is 19.6. The fourth-order valence-corrected chi connectivity index (χ4v) is 3.34. The molecule has 1 atom stereocenters. The molecule has 1 heterocycles. The summed E-state index contributed by atoms with van der Waals surface area (Å²) in [5, 5.41) is 8.69. The smallest absolute Gasteiger partial charge is 0.276 e. The molecule has 0 aliphatic heterocycles. The van der Waals surface area contributed by atoms with Crippen molar-refractivity contribution in [2.75, 3.05) is 0 Å². The molecule has 0 saturated heterocycles. The predicted molar refractivity (Wildman–Crippen MR) is 106 cm³/mol. The normalized spacial score (nSPS) is 15.3. The Bertz CT molecular complexity index is 798. The highest BCUT2D eigenvalue weighted by Crippen LogP contribution is 2.36. The Morgan fingerprint density at radius 1 is 1.30 bits per heavy atom. The fourth-order valence-electron chi connectivity index (χ4n) is 2.91. The molecule has 0 bridgehead atoms. The molecule has 1 aromatic carbocycles. The Balaban J connectivity index is 2.00. The van der Waals surface area contributed by atoms with Crippen LogP contribution in [-0.2, 0) is 4.79 Å². The van der Waals surface area contributed by atoms with E-state index in [1.165, 1.54) is 0 Å². The molecule has 1 aromatic heterocycles. The predicted octanol–water partition coefficient (Wildman–Crippen LogP) is 3.50. The summed E-state index contributed by atoms with van der Waals surface area (Å²) in [7, 11) is 0. The number of hydrogen-bond acceptors (Lipinski definition) is 5. The molecule has 1 N–H and O–H groups in total. The van der Waals surface area contributed by atoms with Crippen LogP contribution in [0.25, 0.3) is 0 Å². The van der Waals surface area contributed by atoms with Crippen molar-refractivity contribution in [3.63, 3.8) is 0 Å². The molecular weight excluding hydrogens is 360 g/mol. The number of amides is 2. The molecule has 6 nitrogen and oxygen atoms in total. The Morgan fingerprint density at radius 2 is 1.96 bits per heavy atom. The van der Waals surface area contributed by atoms with Crippen molar-refractivity contribution >= 4 is 23.3 Å². The lowest BCUT2D eigenvalue weighted by molar-refractivity contribution is -0.127. The maximum absolute atomic E-state index is 13.3. The second kappa shape index (κ2) is 7.76. The van der Waals surface area contributed by atoms with Gasteiger partial charge in [0.05, 0.1) is 0 Å². The van der Waals surface area contributed by atoms with Crippen LogP contribution in [0.5, 0.6) is 0 Å². The van der Waals surface area contributed by atoms with Crippen LogP contribution in [0.1, 0.15) is 67.7 Å². The van der Waals surface area contributed by atoms with Gasteiger partial charge in [-0.25, -0.2) is 0 Å². The van der Waals surface area contributed by atoms with Crippen LogP contribution in [0.2, 0.25) is 0 Å². The maximum atomic E-state index is 13.3. The standard InChI is InChI=1S/C20H26N4O2S/c1-5-20(3,4)21-18(25)17(14-8-6-13(2)7-9-14)24(15-10-11-15)19(26)16-12-27-23-22-16/h6-9,12,15,17H,5,10-11H2,1-4H3,(H,21,25). The minimum atomic E-state index is -0.682. The molecule has 3 rings (SSSR count). The number of hydrogen-bond donors (Lipinski definition) is 1. The minimum Gasteiger partial charge on any atom is -0.349 e. The summed E-state index contributed by atoms with van der Waals surface area (Å²) in [5.41, 5.74) is 1.88. The average molecular weight is 387 g/mol. The average Bonchev–Trinajstić information content (AvgIpc) is 3.31. The van der Waals surface area contributed by atoms with Gasteiger partial charge in [-0.05, 0) is 57.1 Å². The molecule has 2 amide bonds. The second-order valence-corrected chi connectivity index (χ2v) is 8.38. The van der Waals surface area contributed by atoms with Crippen molar-refractivity contribution < 1.29 is 9.59 Å². The number of benzene rings is 1. The fraction of sp³-hybridized carbons (Fsp3) is 0.500. The molecule has 1 unspecified atom stereocenters. The zero-order valence-corrected chi connectivity index (χ0v) is 17.0. The monoisotopic (exact) mass is 386 g/mol. The van der Waals surface area contributed by atoms with E-state index in [0.717, 1.165) is 41.9 Å². The second-order valence-electron chi connectivity index (χ2n) is 7.77. The van der Waals surface area contributed by atoms with Crippen molar-refractivity contribution in [3.8, 4) is 0 Å². The lowest BCUT2D eigenvalue weighted by Crippen LogP contribution is -2.51. The Morgan fingerprint density at radius 3 is 2.48 bits per heavy atom. The van der Waals surface area contributed by atoms with Crippen LogP contribution in [0.15, 0.2) is 29.6 Å². The van der Waals surface area contributed by atoms with E-state index in [0.29, 0.717) is 5.69 Å². The van der Waals surface area contributed by atoms with Gasteiger partial charge < -0.3 is 10.2 Å². The van der Waals surface area contributed by atoms with E-state index < -0.39 is 6.04 Å². The van der Waals surface area contributed by atoms with Gasteiger partial charge in [-0.1, -0.05) is 41.2 Å². The summed E-state index contributed by atoms with van der Waals surface area (Å²) in [5.74, 6) is -0.393. The highest BCUT2D eigenvalue weighted by Gasteiger charge is 2.43. The van der Waals surface area contributed by atoms with Crippen LogP contribution in [0, 0.1) is 6.92 Å². The number of nitrogens with one attached hydrogen (secondary N) is 1. The number of rotatable bonds is 7. The molecular formula is C20H26N4O2S. The van der Waals surface area contributed by atoms with Crippen molar-refractivity contribution in [2.45, 2.75) is 64.6 Å². The van der Waals surface area contributed by atoms with Gasteiger partial charge in [0.2, 0.25) is 5.91 Å². The van der Waals surface area contributed by atoms with Gasteiger partial charge >= 0.3 is 0 Å². The van der Waals surface area contributed by atoms with Gasteiger partial charge in [-0.15, -0.1) is 5.10 Å². The first-order chi connectivity index (χ1) is 12.8. The van der Waals surface area contributed by atoms with E-state index in [1.54, 1.807) is 10.3 Å². The molecule has 7 heteroatoms. The van der Waals surface area contributed by atoms with Crippen molar-refractivity contribution in [1.82, 2.24) is 19.8 Å². The minimum absolute atomic E-state index is 0.0565. The SMILES string of the molecule is CCC(C)(C)NC(=O)C(c1ccc(C)cc1)N(C(=O)c1csnn1)C1CC1. The van der Waals surface area contributed by atoms with Crippen LogP contribution in [0.3, 0.4) is 0 Å². The molecule has 0 spiro atoms. The lowest BCUT2D eigenvalue weighted by Gasteiger charge is -2.34. The van der Waals surface area contributed by atoms with E-state index >= 15 is 0 Å². The summed E-state index contributed by atoms with van der Waals surface area (Å²) >= 11 is 1.14. The third-order valence-electron chi connectivity index (χ3n) is 5.02. The Labute approximate surface area is 164 Å². The molecule has 1 fully saturated rings. The molecule has 144 valence electrons. The topological polar surface area (TPSA) is 75.2 Å². The Kier molecular flexibility index (Phi) is 5.60. The van der Waals surface area contributed by atoms with Crippen molar-refractivity contribution in [1.29, 1.82) is 0 Å². The van der Waals surface area contributed by atoms with Crippen molar-refractivity contribution in [2.24, 2.45) is 0 Å². The molecule has 2 aromatic rings.